The van der Waals surface area contributed by atoms with Gasteiger partial charge < -0.3 is 4.98 Å². The number of hydrogen-bond acceptors (Lipinski definition) is 4. The summed E-state index contributed by atoms with van der Waals surface area (Å²) >= 11 is 1.60. The Labute approximate surface area is 111 Å². The number of hydrogen-bond donors (Lipinski definition) is 3. The number of rotatable bonds is 3. The Morgan fingerprint density at radius 3 is 2.63 bits per heavy atom. The molecule has 19 heavy (non-hydrogen) atoms. The molecule has 3 aromatic rings. The molecule has 1 aromatic carbocycles. The summed E-state index contributed by atoms with van der Waals surface area (Å²) in [6.07, 6.45) is 0. The van der Waals surface area contributed by atoms with Crippen LogP contribution in [0.15, 0.2) is 44.8 Å². The molecule has 0 radical (unpaired) electrons. The van der Waals surface area contributed by atoms with E-state index in [0.29, 0.717) is 17.1 Å². The van der Waals surface area contributed by atoms with Gasteiger partial charge in [-0.2, -0.15) is 0 Å². The van der Waals surface area contributed by atoms with Crippen LogP contribution in [-0.2, 0) is 5.75 Å². The second-order valence-corrected chi connectivity index (χ2v) is 4.97. The molecule has 6 nitrogen and oxygen atoms in total. The second kappa shape index (κ2) is 4.77. The lowest BCUT2D eigenvalue weighted by Gasteiger charge is -1.97. The van der Waals surface area contributed by atoms with E-state index in [4.69, 9.17) is 0 Å². The van der Waals surface area contributed by atoms with Gasteiger partial charge in [-0.05, 0) is 12.1 Å². The quantitative estimate of drug-likeness (QED) is 0.626. The van der Waals surface area contributed by atoms with Crippen LogP contribution in [0, 0.1) is 0 Å². The van der Waals surface area contributed by atoms with E-state index in [9.17, 15) is 9.59 Å². The Balaban J connectivity index is 1.88. The van der Waals surface area contributed by atoms with E-state index >= 15 is 0 Å². The van der Waals surface area contributed by atoms with Crippen LogP contribution < -0.4 is 11.2 Å². The highest BCUT2D eigenvalue weighted by Crippen LogP contribution is 2.21. The van der Waals surface area contributed by atoms with E-state index in [2.05, 4.69) is 19.9 Å². The summed E-state index contributed by atoms with van der Waals surface area (Å²) in [4.78, 5) is 35.5. The zero-order chi connectivity index (χ0) is 13.2. The fraction of sp³-hybridized carbons (Fsp3) is 0.0833. The molecule has 96 valence electrons. The zero-order valence-electron chi connectivity index (χ0n) is 9.77. The largest absolute Gasteiger partial charge is 0.335 e. The number of nitrogens with one attached hydrogen (secondary N) is 3. The molecule has 0 atom stereocenters. The molecule has 2 heterocycles. The van der Waals surface area contributed by atoms with Gasteiger partial charge in [0.2, 0.25) is 0 Å². The molecular weight excluding hydrogens is 264 g/mol. The zero-order valence-corrected chi connectivity index (χ0v) is 10.6. The minimum Gasteiger partial charge on any atom is -0.335 e. The number of benzene rings is 1. The third-order valence-corrected chi connectivity index (χ3v) is 3.58. The summed E-state index contributed by atoms with van der Waals surface area (Å²) in [5.41, 5.74) is -0.422. The molecule has 0 fully saturated rings. The monoisotopic (exact) mass is 274 g/mol. The molecule has 0 aliphatic rings. The fourth-order valence-electron chi connectivity index (χ4n) is 1.72. The average Bonchev–Trinajstić information content (AvgIpc) is 2.81. The smallest absolute Gasteiger partial charge is 0.327 e. The summed E-state index contributed by atoms with van der Waals surface area (Å²) in [6, 6.07) is 9.88. The van der Waals surface area contributed by atoms with E-state index in [0.717, 1.165) is 4.90 Å². The van der Waals surface area contributed by atoms with Crippen molar-refractivity contribution in [3.8, 4) is 0 Å². The minimum absolute atomic E-state index is 0.289. The highest BCUT2D eigenvalue weighted by atomic mass is 32.2. The predicted octanol–water partition coefficient (Wildman–Crippen LogP) is 1.23. The van der Waals surface area contributed by atoms with Crippen molar-refractivity contribution in [3.05, 3.63) is 57.0 Å². The number of aromatic amines is 3. The molecule has 0 aliphatic heterocycles. The lowest BCUT2D eigenvalue weighted by molar-refractivity contribution is 1.07. The van der Waals surface area contributed by atoms with Crippen molar-refractivity contribution in [2.75, 3.05) is 0 Å². The molecule has 0 amide bonds. The highest BCUT2D eigenvalue weighted by molar-refractivity contribution is 7.98. The molecule has 2 aromatic heterocycles. The van der Waals surface area contributed by atoms with Gasteiger partial charge in [-0.1, -0.05) is 18.2 Å². The van der Waals surface area contributed by atoms with Crippen molar-refractivity contribution in [2.24, 2.45) is 0 Å². The third-order valence-electron chi connectivity index (χ3n) is 2.56. The topological polar surface area (TPSA) is 94.4 Å². The maximum absolute atomic E-state index is 11.5. The average molecular weight is 274 g/mol. The number of H-pyrrole nitrogens is 3. The van der Waals surface area contributed by atoms with Crippen molar-refractivity contribution >= 4 is 22.9 Å². The van der Waals surface area contributed by atoms with Gasteiger partial charge in [0.15, 0.2) is 5.65 Å². The van der Waals surface area contributed by atoms with Crippen molar-refractivity contribution in [1.82, 2.24) is 19.9 Å². The summed E-state index contributed by atoms with van der Waals surface area (Å²) < 4.78 is 0. The first kappa shape index (κ1) is 11.8. The standard InChI is InChI=1S/C12H10N4O2S/c17-11-9-10(15-12(18)16-11)14-8(13-9)6-19-7-4-2-1-3-5-7/h1-5H,6H2,(H3,13,14,15,16,17,18). The number of imidazole rings is 1. The molecular formula is C12H10N4O2S. The van der Waals surface area contributed by atoms with Gasteiger partial charge in [-0.15, -0.1) is 11.8 Å². The van der Waals surface area contributed by atoms with Gasteiger partial charge in [0.25, 0.3) is 5.56 Å². The molecule has 3 N–H and O–H groups in total. The van der Waals surface area contributed by atoms with E-state index in [1.807, 2.05) is 30.3 Å². The first-order valence-electron chi connectivity index (χ1n) is 5.61. The Hall–Kier alpha value is -2.28. The van der Waals surface area contributed by atoms with Crippen molar-refractivity contribution < 1.29 is 0 Å². The first-order chi connectivity index (χ1) is 9.22. The number of thioether (sulfide) groups is 1. The highest BCUT2D eigenvalue weighted by Gasteiger charge is 2.07. The van der Waals surface area contributed by atoms with Gasteiger partial charge in [0.05, 0.1) is 5.75 Å². The lowest BCUT2D eigenvalue weighted by Crippen LogP contribution is -2.21. The molecule has 0 unspecified atom stereocenters. The Kier molecular flexibility index (Phi) is 2.96. The van der Waals surface area contributed by atoms with Crippen LogP contribution >= 0.6 is 11.8 Å². The second-order valence-electron chi connectivity index (χ2n) is 3.92. The van der Waals surface area contributed by atoms with Crippen LogP contribution in [0.5, 0.6) is 0 Å². The Morgan fingerprint density at radius 1 is 1.05 bits per heavy atom. The molecule has 0 saturated carbocycles. The van der Waals surface area contributed by atoms with Crippen molar-refractivity contribution in [2.45, 2.75) is 10.6 Å². The van der Waals surface area contributed by atoms with E-state index in [-0.39, 0.29) is 5.65 Å². The van der Waals surface area contributed by atoms with Crippen LogP contribution in [-0.4, -0.2) is 19.9 Å². The van der Waals surface area contributed by atoms with Gasteiger partial charge in [0, 0.05) is 4.90 Å². The molecule has 0 bridgehead atoms. The van der Waals surface area contributed by atoms with Gasteiger partial charge in [-0.3, -0.25) is 14.8 Å². The van der Waals surface area contributed by atoms with E-state index in [1.165, 1.54) is 0 Å². The Bertz CT molecular complexity index is 819. The summed E-state index contributed by atoms with van der Waals surface area (Å²) in [5.74, 6) is 1.25. The lowest BCUT2D eigenvalue weighted by atomic mass is 10.4. The van der Waals surface area contributed by atoms with E-state index < -0.39 is 11.2 Å². The van der Waals surface area contributed by atoms with Crippen molar-refractivity contribution in [3.63, 3.8) is 0 Å². The normalized spacial score (nSPS) is 10.9. The van der Waals surface area contributed by atoms with E-state index in [1.54, 1.807) is 11.8 Å². The number of nitrogens with zero attached hydrogens (tertiary/aromatic N) is 1. The first-order valence-corrected chi connectivity index (χ1v) is 6.60. The van der Waals surface area contributed by atoms with Crippen molar-refractivity contribution in [1.29, 1.82) is 0 Å². The van der Waals surface area contributed by atoms with Crippen LogP contribution in [0.2, 0.25) is 0 Å². The summed E-state index contributed by atoms with van der Waals surface area (Å²) in [6.45, 7) is 0. The maximum atomic E-state index is 11.5. The molecule has 0 saturated heterocycles. The van der Waals surface area contributed by atoms with Crippen LogP contribution in [0.25, 0.3) is 11.2 Å². The molecule has 3 rings (SSSR count). The van der Waals surface area contributed by atoms with Crippen LogP contribution in [0.4, 0.5) is 0 Å². The van der Waals surface area contributed by atoms with Crippen LogP contribution in [0.3, 0.4) is 0 Å². The number of aromatic nitrogens is 4. The molecule has 0 aliphatic carbocycles. The van der Waals surface area contributed by atoms with Gasteiger partial charge in [0.1, 0.15) is 11.3 Å². The minimum atomic E-state index is -0.550. The van der Waals surface area contributed by atoms with Gasteiger partial charge >= 0.3 is 5.69 Å². The maximum Gasteiger partial charge on any atom is 0.327 e. The third kappa shape index (κ3) is 2.45. The predicted molar refractivity (Wildman–Crippen MR) is 73.3 cm³/mol. The SMILES string of the molecule is O=c1[nH]c(=O)c2[nH]c(CSc3ccccc3)nc2[nH]1. The fourth-order valence-corrected chi connectivity index (χ4v) is 2.51. The van der Waals surface area contributed by atoms with Crippen LogP contribution in [0.1, 0.15) is 5.82 Å². The summed E-state index contributed by atoms with van der Waals surface area (Å²) in [5, 5.41) is 0. The summed E-state index contributed by atoms with van der Waals surface area (Å²) in [7, 11) is 0. The van der Waals surface area contributed by atoms with Gasteiger partial charge in [-0.25, -0.2) is 9.78 Å². The Morgan fingerprint density at radius 2 is 1.84 bits per heavy atom. The number of fused-ring (bicyclic) bond motifs is 1. The molecule has 7 heteroatoms. The molecule has 0 spiro atoms.